The highest BCUT2D eigenvalue weighted by Gasteiger charge is 2.39. The molecule has 1 aromatic heterocycles. The number of fused-ring (bicyclic) bond motifs is 1. The van der Waals surface area contributed by atoms with E-state index < -0.39 is 0 Å². The Kier molecular flexibility index (Phi) is 4.72. The van der Waals surface area contributed by atoms with E-state index in [1.807, 2.05) is 47.8 Å². The van der Waals surface area contributed by atoms with Crippen LogP contribution in [-0.2, 0) is 16.0 Å². The summed E-state index contributed by atoms with van der Waals surface area (Å²) in [6, 6.07) is 18.9. The Bertz CT molecular complexity index is 1140. The summed E-state index contributed by atoms with van der Waals surface area (Å²) in [5, 5.41) is 5.05. The summed E-state index contributed by atoms with van der Waals surface area (Å²) < 4.78 is 10.8. The van der Waals surface area contributed by atoms with Gasteiger partial charge in [-0.25, -0.2) is 0 Å². The van der Waals surface area contributed by atoms with Gasteiger partial charge in [-0.2, -0.15) is 0 Å². The summed E-state index contributed by atoms with van der Waals surface area (Å²) in [5.41, 5.74) is 2.43. The average molecular weight is 418 g/mol. The summed E-state index contributed by atoms with van der Waals surface area (Å²) >= 11 is 1.43. The summed E-state index contributed by atoms with van der Waals surface area (Å²) in [5.74, 6) is 0.668. The quantitative estimate of drug-likeness (QED) is 0.615. The number of ether oxygens (including phenoxy) is 2. The van der Waals surface area contributed by atoms with E-state index in [0.717, 1.165) is 10.4 Å². The highest BCUT2D eigenvalue weighted by Crippen LogP contribution is 2.37. The molecule has 0 fully saturated rings. The van der Waals surface area contributed by atoms with Gasteiger partial charge in [-0.05, 0) is 35.6 Å². The lowest BCUT2D eigenvalue weighted by molar-refractivity contribution is -0.136. The molecule has 2 amide bonds. The summed E-state index contributed by atoms with van der Waals surface area (Å²) in [6.45, 7) is 0.496. The fourth-order valence-electron chi connectivity index (χ4n) is 3.55. The first-order valence-corrected chi connectivity index (χ1v) is 10.4. The fourth-order valence-corrected chi connectivity index (χ4v) is 4.32. The number of nitrogens with one attached hydrogen (secondary N) is 1. The second kappa shape index (κ2) is 7.68. The van der Waals surface area contributed by atoms with Crippen LogP contribution in [-0.4, -0.2) is 30.1 Å². The number of hydrogen-bond donors (Lipinski definition) is 1. The minimum atomic E-state index is -0.322. The highest BCUT2D eigenvalue weighted by atomic mass is 32.1. The van der Waals surface area contributed by atoms with Gasteiger partial charge < -0.3 is 14.8 Å². The number of anilines is 1. The first-order valence-electron chi connectivity index (χ1n) is 9.55. The minimum absolute atomic E-state index is 0.173. The summed E-state index contributed by atoms with van der Waals surface area (Å²) in [7, 11) is 0. The van der Waals surface area contributed by atoms with Crippen LogP contribution in [0.15, 0.2) is 71.7 Å². The van der Waals surface area contributed by atoms with Gasteiger partial charge in [0.15, 0.2) is 11.5 Å². The first kappa shape index (κ1) is 18.4. The van der Waals surface area contributed by atoms with Crippen molar-refractivity contribution in [1.82, 2.24) is 4.90 Å². The van der Waals surface area contributed by atoms with Crippen LogP contribution in [0.2, 0.25) is 0 Å². The molecular formula is C23H18N2O4S. The van der Waals surface area contributed by atoms with Gasteiger partial charge in [0.25, 0.3) is 11.8 Å². The topological polar surface area (TPSA) is 67.9 Å². The van der Waals surface area contributed by atoms with E-state index in [9.17, 15) is 9.59 Å². The maximum Gasteiger partial charge on any atom is 0.278 e. The second-order valence-electron chi connectivity index (χ2n) is 6.92. The third kappa shape index (κ3) is 3.33. The van der Waals surface area contributed by atoms with Gasteiger partial charge >= 0.3 is 0 Å². The van der Waals surface area contributed by atoms with Crippen molar-refractivity contribution in [3.8, 4) is 11.5 Å². The van der Waals surface area contributed by atoms with Gasteiger partial charge in [0.2, 0.25) is 6.79 Å². The van der Waals surface area contributed by atoms with Crippen molar-refractivity contribution in [2.24, 2.45) is 0 Å². The molecule has 0 saturated carbocycles. The smallest absolute Gasteiger partial charge is 0.278 e. The molecule has 6 nitrogen and oxygen atoms in total. The number of thiophene rings is 1. The van der Waals surface area contributed by atoms with Gasteiger partial charge in [-0.3, -0.25) is 14.5 Å². The molecule has 0 aliphatic carbocycles. The molecule has 3 aromatic rings. The number of carbonyl (C=O) groups is 2. The van der Waals surface area contributed by atoms with Crippen LogP contribution in [0.5, 0.6) is 11.5 Å². The molecule has 3 heterocycles. The molecule has 2 aromatic carbocycles. The van der Waals surface area contributed by atoms with Gasteiger partial charge in [-0.1, -0.05) is 36.4 Å². The lowest BCUT2D eigenvalue weighted by atomic mass is 10.1. The van der Waals surface area contributed by atoms with E-state index in [2.05, 4.69) is 5.32 Å². The van der Waals surface area contributed by atoms with Crippen LogP contribution in [0, 0.1) is 0 Å². The van der Waals surface area contributed by atoms with E-state index in [4.69, 9.17) is 9.47 Å². The number of benzene rings is 2. The minimum Gasteiger partial charge on any atom is -0.454 e. The van der Waals surface area contributed by atoms with Crippen molar-refractivity contribution in [3.05, 3.63) is 82.2 Å². The molecule has 7 heteroatoms. The van der Waals surface area contributed by atoms with Crippen molar-refractivity contribution >= 4 is 34.4 Å². The molecule has 0 bridgehead atoms. The maximum atomic E-state index is 13.2. The normalized spacial score (nSPS) is 15.3. The van der Waals surface area contributed by atoms with E-state index in [1.54, 1.807) is 18.2 Å². The van der Waals surface area contributed by atoms with Crippen LogP contribution in [0.4, 0.5) is 5.69 Å². The Morgan fingerprint density at radius 1 is 0.933 bits per heavy atom. The Hall–Kier alpha value is -3.58. The summed E-state index contributed by atoms with van der Waals surface area (Å²) in [6.07, 6.45) is 0.605. The molecule has 2 aliphatic rings. The van der Waals surface area contributed by atoms with Crippen molar-refractivity contribution in [2.45, 2.75) is 6.42 Å². The number of carbonyl (C=O) groups excluding carboxylic acids is 2. The largest absolute Gasteiger partial charge is 0.454 e. The van der Waals surface area contributed by atoms with Crippen LogP contribution in [0.1, 0.15) is 10.4 Å². The lowest BCUT2D eigenvalue weighted by Crippen LogP contribution is -2.34. The molecule has 2 aliphatic heterocycles. The molecule has 150 valence electrons. The zero-order valence-electron chi connectivity index (χ0n) is 16.0. The summed E-state index contributed by atoms with van der Waals surface area (Å²) in [4.78, 5) is 28.5. The van der Waals surface area contributed by atoms with E-state index in [-0.39, 0.29) is 24.3 Å². The average Bonchev–Trinajstić information content (AvgIpc) is 3.49. The predicted octanol–water partition coefficient (Wildman–Crippen LogP) is 3.91. The molecular weight excluding hydrogens is 400 g/mol. The van der Waals surface area contributed by atoms with Crippen molar-refractivity contribution < 1.29 is 19.1 Å². The van der Waals surface area contributed by atoms with Gasteiger partial charge in [0, 0.05) is 23.2 Å². The lowest BCUT2D eigenvalue weighted by Gasteiger charge is -2.15. The molecule has 0 spiro atoms. The van der Waals surface area contributed by atoms with Crippen molar-refractivity contribution in [3.63, 3.8) is 0 Å². The van der Waals surface area contributed by atoms with Crippen LogP contribution >= 0.6 is 11.3 Å². The van der Waals surface area contributed by atoms with Crippen molar-refractivity contribution in [2.75, 3.05) is 18.7 Å². The van der Waals surface area contributed by atoms with E-state index >= 15 is 0 Å². The first-order chi connectivity index (χ1) is 14.7. The predicted molar refractivity (Wildman–Crippen MR) is 114 cm³/mol. The Morgan fingerprint density at radius 2 is 1.77 bits per heavy atom. The second-order valence-corrected chi connectivity index (χ2v) is 7.87. The SMILES string of the molecule is O=C1C(Nc2ccc3c(c2)OCO3)=C(c2cccs2)C(=O)N1CCc1ccccc1. The van der Waals surface area contributed by atoms with Gasteiger partial charge in [0.1, 0.15) is 5.70 Å². The van der Waals surface area contributed by atoms with Crippen LogP contribution in [0.3, 0.4) is 0 Å². The molecule has 0 saturated heterocycles. The third-order valence-corrected chi connectivity index (χ3v) is 5.93. The standard InChI is InChI=1S/C23H18N2O4S/c26-22-20(19-7-4-12-30-19)21(24-16-8-9-17-18(13-16)29-14-28-17)23(27)25(22)11-10-15-5-2-1-3-6-15/h1-9,12-13,24H,10-11,14H2. The Labute approximate surface area is 177 Å². The van der Waals surface area contributed by atoms with Gasteiger partial charge in [-0.15, -0.1) is 11.3 Å². The van der Waals surface area contributed by atoms with Crippen LogP contribution in [0.25, 0.3) is 5.57 Å². The molecule has 0 radical (unpaired) electrons. The molecule has 1 N–H and O–H groups in total. The van der Waals surface area contributed by atoms with E-state index in [1.165, 1.54) is 16.2 Å². The highest BCUT2D eigenvalue weighted by molar-refractivity contribution is 7.11. The van der Waals surface area contributed by atoms with Gasteiger partial charge in [0.05, 0.1) is 5.57 Å². The number of imide groups is 1. The maximum absolute atomic E-state index is 13.2. The Balaban J connectivity index is 1.44. The number of nitrogens with zero attached hydrogens (tertiary/aromatic N) is 1. The Morgan fingerprint density at radius 3 is 2.57 bits per heavy atom. The molecule has 0 atom stereocenters. The molecule has 30 heavy (non-hydrogen) atoms. The monoisotopic (exact) mass is 418 g/mol. The number of amides is 2. The molecule has 5 rings (SSSR count). The van der Waals surface area contributed by atoms with E-state index in [0.29, 0.717) is 35.7 Å². The third-order valence-electron chi connectivity index (χ3n) is 5.04. The fraction of sp³-hybridized carbons (Fsp3) is 0.130. The zero-order valence-corrected chi connectivity index (χ0v) is 16.8. The number of rotatable bonds is 6. The number of hydrogen-bond acceptors (Lipinski definition) is 6. The molecule has 0 unspecified atom stereocenters. The van der Waals surface area contributed by atoms with Crippen LogP contribution < -0.4 is 14.8 Å². The van der Waals surface area contributed by atoms with Crippen molar-refractivity contribution in [1.29, 1.82) is 0 Å². The zero-order chi connectivity index (χ0) is 20.5.